The molecule has 0 bridgehead atoms. The lowest BCUT2D eigenvalue weighted by atomic mass is 9.88. The van der Waals surface area contributed by atoms with Crippen molar-refractivity contribution in [2.75, 3.05) is 0 Å². The second-order valence-electron chi connectivity index (χ2n) is 4.73. The Kier molecular flexibility index (Phi) is 5.03. The SMILES string of the molecule is CC(O)C(Cc1ccc(Br)cc1)c1ccc(Cl)cc1. The van der Waals surface area contributed by atoms with Crippen molar-refractivity contribution in [3.05, 3.63) is 69.2 Å². The standard InChI is InChI=1S/C16H16BrClO/c1-11(19)16(13-4-8-15(18)9-5-13)10-12-2-6-14(17)7-3-12/h2-9,11,16,19H,10H2,1H3. The molecule has 0 amide bonds. The topological polar surface area (TPSA) is 20.2 Å². The Morgan fingerprint density at radius 1 is 1.05 bits per heavy atom. The first-order chi connectivity index (χ1) is 9.06. The van der Waals surface area contributed by atoms with Gasteiger partial charge in [0, 0.05) is 15.4 Å². The van der Waals surface area contributed by atoms with Gasteiger partial charge in [0.05, 0.1) is 6.10 Å². The van der Waals surface area contributed by atoms with Gasteiger partial charge in [0.25, 0.3) is 0 Å². The Bertz CT molecular complexity index is 519. The Labute approximate surface area is 127 Å². The van der Waals surface area contributed by atoms with Crippen molar-refractivity contribution in [2.24, 2.45) is 0 Å². The van der Waals surface area contributed by atoms with E-state index in [0.717, 1.165) is 21.5 Å². The number of aliphatic hydroxyl groups excluding tert-OH is 1. The predicted molar refractivity (Wildman–Crippen MR) is 83.7 cm³/mol. The van der Waals surface area contributed by atoms with Crippen molar-refractivity contribution >= 4 is 27.5 Å². The maximum absolute atomic E-state index is 10.0. The van der Waals surface area contributed by atoms with E-state index in [0.29, 0.717) is 0 Å². The average Bonchev–Trinajstić information content (AvgIpc) is 2.39. The molecule has 0 saturated heterocycles. The molecule has 1 N–H and O–H groups in total. The molecule has 0 fully saturated rings. The van der Waals surface area contributed by atoms with Crippen LogP contribution in [0.15, 0.2) is 53.0 Å². The summed E-state index contributed by atoms with van der Waals surface area (Å²) in [6.07, 6.45) is 0.414. The van der Waals surface area contributed by atoms with E-state index in [1.165, 1.54) is 5.56 Å². The number of hydrogen-bond donors (Lipinski definition) is 1. The molecule has 100 valence electrons. The Morgan fingerprint density at radius 3 is 2.16 bits per heavy atom. The van der Waals surface area contributed by atoms with Gasteiger partial charge in [0.2, 0.25) is 0 Å². The van der Waals surface area contributed by atoms with Gasteiger partial charge < -0.3 is 5.11 Å². The van der Waals surface area contributed by atoms with Crippen LogP contribution < -0.4 is 0 Å². The van der Waals surface area contributed by atoms with Crippen LogP contribution in [0.1, 0.15) is 24.0 Å². The molecule has 3 heteroatoms. The molecular weight excluding hydrogens is 324 g/mol. The average molecular weight is 340 g/mol. The third-order valence-corrected chi connectivity index (χ3v) is 4.03. The van der Waals surface area contributed by atoms with Crippen LogP contribution in [0.5, 0.6) is 0 Å². The van der Waals surface area contributed by atoms with Crippen molar-refractivity contribution in [3.63, 3.8) is 0 Å². The summed E-state index contributed by atoms with van der Waals surface area (Å²) in [4.78, 5) is 0. The molecule has 0 aliphatic rings. The molecule has 0 aliphatic heterocycles. The second-order valence-corrected chi connectivity index (χ2v) is 6.08. The zero-order valence-electron chi connectivity index (χ0n) is 10.7. The number of aliphatic hydroxyl groups is 1. The Balaban J connectivity index is 2.21. The monoisotopic (exact) mass is 338 g/mol. The number of hydrogen-bond acceptors (Lipinski definition) is 1. The predicted octanol–water partition coefficient (Wildman–Crippen LogP) is 4.81. The highest BCUT2D eigenvalue weighted by Gasteiger charge is 2.17. The number of rotatable bonds is 4. The van der Waals surface area contributed by atoms with Gasteiger partial charge in [-0.2, -0.15) is 0 Å². The fourth-order valence-electron chi connectivity index (χ4n) is 2.15. The molecule has 1 nitrogen and oxygen atoms in total. The van der Waals surface area contributed by atoms with Gasteiger partial charge in [0.15, 0.2) is 0 Å². The largest absolute Gasteiger partial charge is 0.393 e. The summed E-state index contributed by atoms with van der Waals surface area (Å²) in [5.74, 6) is 0.0819. The molecule has 0 saturated carbocycles. The van der Waals surface area contributed by atoms with E-state index in [1.807, 2.05) is 43.3 Å². The molecular formula is C16H16BrClO. The van der Waals surface area contributed by atoms with Crippen molar-refractivity contribution < 1.29 is 5.11 Å². The van der Waals surface area contributed by atoms with Crippen molar-refractivity contribution in [1.29, 1.82) is 0 Å². The summed E-state index contributed by atoms with van der Waals surface area (Å²) < 4.78 is 1.07. The molecule has 0 spiro atoms. The van der Waals surface area contributed by atoms with E-state index in [-0.39, 0.29) is 5.92 Å². The van der Waals surface area contributed by atoms with Crippen LogP contribution >= 0.6 is 27.5 Å². The van der Waals surface area contributed by atoms with Crippen LogP contribution in [0.3, 0.4) is 0 Å². The maximum Gasteiger partial charge on any atom is 0.0583 e. The van der Waals surface area contributed by atoms with Crippen LogP contribution in [-0.2, 0) is 6.42 Å². The normalized spacial score (nSPS) is 14.1. The minimum absolute atomic E-state index is 0.0819. The first kappa shape index (κ1) is 14.6. The summed E-state index contributed by atoms with van der Waals surface area (Å²) in [6, 6.07) is 15.9. The van der Waals surface area contributed by atoms with Gasteiger partial charge in [-0.15, -0.1) is 0 Å². The summed E-state index contributed by atoms with van der Waals surface area (Å²) in [5, 5.41) is 10.7. The summed E-state index contributed by atoms with van der Waals surface area (Å²) >= 11 is 9.34. The molecule has 2 aromatic carbocycles. The van der Waals surface area contributed by atoms with Crippen LogP contribution in [0, 0.1) is 0 Å². The third kappa shape index (κ3) is 4.07. The highest BCUT2D eigenvalue weighted by Crippen LogP contribution is 2.26. The lowest BCUT2D eigenvalue weighted by molar-refractivity contribution is 0.161. The van der Waals surface area contributed by atoms with Gasteiger partial charge in [-0.25, -0.2) is 0 Å². The van der Waals surface area contributed by atoms with Gasteiger partial charge in [-0.05, 0) is 48.7 Å². The lowest BCUT2D eigenvalue weighted by Crippen LogP contribution is -2.17. The van der Waals surface area contributed by atoms with E-state index in [1.54, 1.807) is 0 Å². The van der Waals surface area contributed by atoms with Crippen LogP contribution in [-0.4, -0.2) is 11.2 Å². The summed E-state index contributed by atoms with van der Waals surface area (Å²) in [6.45, 7) is 1.83. The van der Waals surface area contributed by atoms with Crippen LogP contribution in [0.25, 0.3) is 0 Å². The number of halogens is 2. The van der Waals surface area contributed by atoms with E-state index < -0.39 is 6.10 Å². The van der Waals surface area contributed by atoms with E-state index in [4.69, 9.17) is 11.6 Å². The smallest absolute Gasteiger partial charge is 0.0583 e. The van der Waals surface area contributed by atoms with Gasteiger partial charge >= 0.3 is 0 Å². The maximum atomic E-state index is 10.0. The molecule has 2 unspecified atom stereocenters. The first-order valence-electron chi connectivity index (χ1n) is 6.24. The zero-order chi connectivity index (χ0) is 13.8. The molecule has 0 radical (unpaired) electrons. The zero-order valence-corrected chi connectivity index (χ0v) is 13.0. The molecule has 2 aromatic rings. The molecule has 19 heavy (non-hydrogen) atoms. The van der Waals surface area contributed by atoms with Gasteiger partial charge in [-0.1, -0.05) is 51.8 Å². The number of benzene rings is 2. The highest BCUT2D eigenvalue weighted by molar-refractivity contribution is 9.10. The third-order valence-electron chi connectivity index (χ3n) is 3.25. The first-order valence-corrected chi connectivity index (χ1v) is 7.41. The van der Waals surface area contributed by atoms with Crippen molar-refractivity contribution in [1.82, 2.24) is 0 Å². The highest BCUT2D eigenvalue weighted by atomic mass is 79.9. The van der Waals surface area contributed by atoms with Gasteiger partial charge in [-0.3, -0.25) is 0 Å². The van der Waals surface area contributed by atoms with Crippen LogP contribution in [0.2, 0.25) is 5.02 Å². The Hall–Kier alpha value is -0.830. The summed E-state index contributed by atoms with van der Waals surface area (Å²) in [7, 11) is 0. The van der Waals surface area contributed by atoms with Crippen molar-refractivity contribution in [2.45, 2.75) is 25.4 Å². The Morgan fingerprint density at radius 2 is 1.63 bits per heavy atom. The lowest BCUT2D eigenvalue weighted by Gasteiger charge is -2.20. The fourth-order valence-corrected chi connectivity index (χ4v) is 2.54. The second kappa shape index (κ2) is 6.56. The van der Waals surface area contributed by atoms with E-state index in [9.17, 15) is 5.11 Å². The van der Waals surface area contributed by atoms with Gasteiger partial charge in [0.1, 0.15) is 0 Å². The quantitative estimate of drug-likeness (QED) is 0.847. The molecule has 0 aliphatic carbocycles. The minimum atomic E-state index is -0.398. The van der Waals surface area contributed by atoms with E-state index in [2.05, 4.69) is 28.1 Å². The fraction of sp³-hybridized carbons (Fsp3) is 0.250. The summed E-state index contributed by atoms with van der Waals surface area (Å²) in [5.41, 5.74) is 2.33. The van der Waals surface area contributed by atoms with Crippen LogP contribution in [0.4, 0.5) is 0 Å². The van der Waals surface area contributed by atoms with Crippen molar-refractivity contribution in [3.8, 4) is 0 Å². The van der Waals surface area contributed by atoms with E-state index >= 15 is 0 Å². The minimum Gasteiger partial charge on any atom is -0.393 e. The molecule has 2 rings (SSSR count). The molecule has 0 aromatic heterocycles. The molecule has 2 atom stereocenters. The molecule has 0 heterocycles.